The first-order chi connectivity index (χ1) is 10.3. The van der Waals surface area contributed by atoms with Crippen LogP contribution in [-0.4, -0.2) is 66.2 Å². The van der Waals surface area contributed by atoms with Gasteiger partial charge in [-0.3, -0.25) is 9.69 Å². The highest BCUT2D eigenvalue weighted by Crippen LogP contribution is 2.58. The van der Waals surface area contributed by atoms with E-state index in [9.17, 15) is 4.79 Å². The van der Waals surface area contributed by atoms with Crippen molar-refractivity contribution in [3.8, 4) is 0 Å². The Balaban J connectivity index is 0.00000144. The molecule has 0 radical (unpaired) electrons. The van der Waals surface area contributed by atoms with Crippen LogP contribution in [0.25, 0.3) is 0 Å². The maximum absolute atomic E-state index is 13.2. The molecule has 0 aromatic carbocycles. The molecule has 3 unspecified atom stereocenters. The number of ether oxygens (including phenoxy) is 1. The third-order valence-corrected chi connectivity index (χ3v) is 6.37. The number of carbonyl (C=O) groups is 1. The summed E-state index contributed by atoms with van der Waals surface area (Å²) in [6, 6.07) is 0.542. The normalized spacial score (nSPS) is 35.3. The zero-order valence-electron chi connectivity index (χ0n) is 15.3. The van der Waals surface area contributed by atoms with Crippen LogP contribution in [0.15, 0.2) is 0 Å². The monoisotopic (exact) mass is 381 g/mol. The number of nitrogens with zero attached hydrogens (tertiary/aromatic N) is 2. The molecule has 0 aromatic heterocycles. The lowest BCUT2D eigenvalue weighted by Gasteiger charge is -2.66. The SMILES string of the molecule is CC(C)N1CCN(C(=O)C2(N)C3CCCOC3C2(C)C)CC1.Cl.Cl. The molecule has 24 heavy (non-hydrogen) atoms. The Morgan fingerprint density at radius 2 is 1.75 bits per heavy atom. The number of rotatable bonds is 2. The van der Waals surface area contributed by atoms with Crippen molar-refractivity contribution in [1.82, 2.24) is 9.80 Å². The van der Waals surface area contributed by atoms with Gasteiger partial charge in [0.15, 0.2) is 0 Å². The van der Waals surface area contributed by atoms with Gasteiger partial charge in [-0.05, 0) is 26.7 Å². The highest BCUT2D eigenvalue weighted by Gasteiger charge is 2.70. The van der Waals surface area contributed by atoms with Crippen LogP contribution in [0, 0.1) is 11.3 Å². The van der Waals surface area contributed by atoms with Crippen LogP contribution < -0.4 is 5.73 Å². The summed E-state index contributed by atoms with van der Waals surface area (Å²) in [7, 11) is 0. The van der Waals surface area contributed by atoms with Gasteiger partial charge in [0, 0.05) is 50.2 Å². The van der Waals surface area contributed by atoms with Crippen molar-refractivity contribution in [1.29, 1.82) is 0 Å². The molecular weight excluding hydrogens is 349 g/mol. The summed E-state index contributed by atoms with van der Waals surface area (Å²) in [6.07, 6.45) is 2.18. The van der Waals surface area contributed by atoms with Crippen LogP contribution >= 0.6 is 24.8 Å². The average molecular weight is 382 g/mol. The van der Waals surface area contributed by atoms with Crippen LogP contribution in [-0.2, 0) is 9.53 Å². The summed E-state index contributed by atoms with van der Waals surface area (Å²) >= 11 is 0. The minimum absolute atomic E-state index is 0. The average Bonchev–Trinajstić information content (AvgIpc) is 2.53. The number of amides is 1. The fourth-order valence-corrected chi connectivity index (χ4v) is 4.71. The van der Waals surface area contributed by atoms with E-state index in [-0.39, 0.29) is 48.2 Å². The topological polar surface area (TPSA) is 58.8 Å². The predicted molar refractivity (Wildman–Crippen MR) is 101 cm³/mol. The molecule has 3 atom stereocenters. The number of nitrogens with two attached hydrogens (primary N) is 1. The number of piperazine rings is 1. The van der Waals surface area contributed by atoms with Gasteiger partial charge >= 0.3 is 0 Å². The van der Waals surface area contributed by atoms with Crippen LogP contribution in [0.1, 0.15) is 40.5 Å². The Morgan fingerprint density at radius 1 is 1.17 bits per heavy atom. The molecule has 1 aliphatic carbocycles. The molecule has 0 aromatic rings. The van der Waals surface area contributed by atoms with E-state index >= 15 is 0 Å². The van der Waals surface area contributed by atoms with Gasteiger partial charge in [0.05, 0.1) is 6.10 Å². The molecule has 2 N–H and O–H groups in total. The van der Waals surface area contributed by atoms with Crippen LogP contribution in [0.5, 0.6) is 0 Å². The Labute approximate surface area is 158 Å². The van der Waals surface area contributed by atoms with Gasteiger partial charge in [0.2, 0.25) is 5.91 Å². The molecule has 0 bridgehead atoms. The smallest absolute Gasteiger partial charge is 0.243 e. The number of halogens is 2. The molecule has 2 heterocycles. The molecule has 142 valence electrons. The summed E-state index contributed by atoms with van der Waals surface area (Å²) in [5.74, 6) is 0.333. The number of fused-ring (bicyclic) bond motifs is 1. The molecular formula is C17H33Cl2N3O2. The first kappa shape index (κ1) is 22.0. The van der Waals surface area contributed by atoms with E-state index in [1.54, 1.807) is 0 Å². The van der Waals surface area contributed by atoms with Crippen molar-refractivity contribution in [2.45, 2.75) is 58.2 Å². The summed E-state index contributed by atoms with van der Waals surface area (Å²) in [4.78, 5) is 17.6. The molecule has 3 rings (SSSR count). The van der Waals surface area contributed by atoms with E-state index in [1.165, 1.54) is 0 Å². The maximum Gasteiger partial charge on any atom is 0.243 e. The Bertz CT molecular complexity index is 453. The summed E-state index contributed by atoms with van der Waals surface area (Å²) in [5.41, 5.74) is 5.69. The summed E-state index contributed by atoms with van der Waals surface area (Å²) in [5, 5.41) is 0. The zero-order chi connectivity index (χ0) is 16.1. The second kappa shape index (κ2) is 7.67. The van der Waals surface area contributed by atoms with Crippen LogP contribution in [0.4, 0.5) is 0 Å². The number of hydrogen-bond donors (Lipinski definition) is 1. The zero-order valence-corrected chi connectivity index (χ0v) is 16.9. The lowest BCUT2D eigenvalue weighted by Crippen LogP contribution is -2.82. The first-order valence-electron chi connectivity index (χ1n) is 8.74. The van der Waals surface area contributed by atoms with Crippen molar-refractivity contribution < 1.29 is 9.53 Å². The molecule has 2 aliphatic heterocycles. The second-order valence-electron chi connectivity index (χ2n) is 8.05. The number of hydrogen-bond acceptors (Lipinski definition) is 4. The third kappa shape index (κ3) is 3.07. The fourth-order valence-electron chi connectivity index (χ4n) is 4.71. The molecule has 0 spiro atoms. The lowest BCUT2D eigenvalue weighted by molar-refractivity contribution is -0.230. The van der Waals surface area contributed by atoms with Gasteiger partial charge in [-0.15, -0.1) is 24.8 Å². The minimum Gasteiger partial charge on any atom is -0.377 e. The van der Waals surface area contributed by atoms with Gasteiger partial charge in [0.1, 0.15) is 5.54 Å². The predicted octanol–water partition coefficient (Wildman–Crippen LogP) is 1.92. The Morgan fingerprint density at radius 3 is 2.29 bits per heavy atom. The summed E-state index contributed by atoms with van der Waals surface area (Å²) < 4.78 is 5.91. The van der Waals surface area contributed by atoms with Gasteiger partial charge in [-0.2, -0.15) is 0 Å². The highest BCUT2D eigenvalue weighted by molar-refractivity contribution is 5.89. The quantitative estimate of drug-likeness (QED) is 0.793. The standard InChI is InChI=1S/C17H31N3O2.2ClH/c1-12(2)19-7-9-20(10-8-19)15(21)17(18)13-6-5-11-22-14(13)16(17,3)4;;/h12-14H,5-11,18H2,1-4H3;2*1H. The highest BCUT2D eigenvalue weighted by atomic mass is 35.5. The van der Waals surface area contributed by atoms with Crippen molar-refractivity contribution in [2.75, 3.05) is 32.8 Å². The van der Waals surface area contributed by atoms with Gasteiger partial charge in [-0.25, -0.2) is 0 Å². The van der Waals surface area contributed by atoms with Crippen molar-refractivity contribution >= 4 is 30.7 Å². The first-order valence-corrected chi connectivity index (χ1v) is 8.74. The number of carbonyl (C=O) groups excluding carboxylic acids is 1. The minimum atomic E-state index is -0.752. The third-order valence-electron chi connectivity index (χ3n) is 6.37. The molecule has 1 saturated carbocycles. The molecule has 5 nitrogen and oxygen atoms in total. The molecule has 1 amide bonds. The van der Waals surface area contributed by atoms with E-state index in [2.05, 4.69) is 32.6 Å². The van der Waals surface area contributed by atoms with E-state index in [0.717, 1.165) is 45.6 Å². The Hall–Kier alpha value is -0.0700. The van der Waals surface area contributed by atoms with E-state index < -0.39 is 5.54 Å². The van der Waals surface area contributed by atoms with Crippen molar-refractivity contribution in [3.05, 3.63) is 0 Å². The van der Waals surface area contributed by atoms with Crippen molar-refractivity contribution in [2.24, 2.45) is 17.1 Å². The second-order valence-corrected chi connectivity index (χ2v) is 8.05. The van der Waals surface area contributed by atoms with E-state index in [4.69, 9.17) is 10.5 Å². The summed E-state index contributed by atoms with van der Waals surface area (Å²) in [6.45, 7) is 12.9. The fraction of sp³-hybridized carbons (Fsp3) is 0.941. The van der Waals surface area contributed by atoms with Crippen LogP contribution in [0.3, 0.4) is 0 Å². The molecule has 7 heteroatoms. The molecule has 2 saturated heterocycles. The molecule has 3 aliphatic rings. The largest absolute Gasteiger partial charge is 0.377 e. The van der Waals surface area contributed by atoms with E-state index in [0.29, 0.717) is 6.04 Å². The lowest BCUT2D eigenvalue weighted by atomic mass is 9.46. The maximum atomic E-state index is 13.2. The molecule has 3 fully saturated rings. The van der Waals surface area contributed by atoms with Crippen LogP contribution in [0.2, 0.25) is 0 Å². The van der Waals surface area contributed by atoms with Crippen molar-refractivity contribution in [3.63, 3.8) is 0 Å². The Kier molecular flexibility index (Phi) is 7.02. The van der Waals surface area contributed by atoms with Gasteiger partial charge in [-0.1, -0.05) is 13.8 Å². The van der Waals surface area contributed by atoms with Gasteiger partial charge < -0.3 is 15.4 Å². The van der Waals surface area contributed by atoms with Gasteiger partial charge in [0.25, 0.3) is 0 Å². The van der Waals surface area contributed by atoms with E-state index in [1.807, 2.05) is 4.90 Å².